The summed E-state index contributed by atoms with van der Waals surface area (Å²) >= 11 is 0. The second-order valence-electron chi connectivity index (χ2n) is 6.81. The van der Waals surface area contributed by atoms with Crippen LogP contribution in [0.25, 0.3) is 10.9 Å². The predicted octanol–water partition coefficient (Wildman–Crippen LogP) is 3.62. The number of pyridine rings is 1. The molecule has 0 aromatic carbocycles. The summed E-state index contributed by atoms with van der Waals surface area (Å²) in [5.74, 6) is 0. The van der Waals surface area contributed by atoms with Gasteiger partial charge in [0.05, 0.1) is 11.2 Å². The number of nitrogens with zero attached hydrogens (tertiary/aromatic N) is 3. The molecule has 18 heavy (non-hydrogen) atoms. The molecule has 0 radical (unpaired) electrons. The highest BCUT2D eigenvalue weighted by molar-refractivity contribution is 5.81. The molecule has 0 saturated carbocycles. The van der Waals surface area contributed by atoms with Gasteiger partial charge in [-0.25, -0.2) is 9.97 Å². The molecule has 2 aromatic rings. The summed E-state index contributed by atoms with van der Waals surface area (Å²) in [5.41, 5.74) is 3.16. The highest BCUT2D eigenvalue weighted by Crippen LogP contribution is 2.31. The summed E-state index contributed by atoms with van der Waals surface area (Å²) < 4.78 is 0. The zero-order chi connectivity index (χ0) is 13.6. The van der Waals surface area contributed by atoms with E-state index in [2.05, 4.69) is 57.6 Å². The molecular weight excluding hydrogens is 222 g/mol. The van der Waals surface area contributed by atoms with Crippen LogP contribution in [0.5, 0.6) is 0 Å². The van der Waals surface area contributed by atoms with Gasteiger partial charge in [-0.1, -0.05) is 41.5 Å². The average molecular weight is 243 g/mol. The van der Waals surface area contributed by atoms with Crippen LogP contribution in [0.3, 0.4) is 0 Å². The molecule has 0 fully saturated rings. The van der Waals surface area contributed by atoms with Gasteiger partial charge < -0.3 is 0 Å². The van der Waals surface area contributed by atoms with Gasteiger partial charge in [0, 0.05) is 28.1 Å². The predicted molar refractivity (Wildman–Crippen MR) is 74.7 cm³/mol. The molecule has 2 rings (SSSR count). The first-order valence-corrected chi connectivity index (χ1v) is 6.31. The monoisotopic (exact) mass is 243 g/mol. The molecule has 0 spiro atoms. The summed E-state index contributed by atoms with van der Waals surface area (Å²) in [7, 11) is 0. The lowest BCUT2D eigenvalue weighted by molar-refractivity contribution is 0.536. The Morgan fingerprint density at radius 3 is 2.17 bits per heavy atom. The summed E-state index contributed by atoms with van der Waals surface area (Å²) in [6.07, 6.45) is 3.46. The molecule has 0 aliphatic carbocycles. The van der Waals surface area contributed by atoms with E-state index < -0.39 is 0 Å². The van der Waals surface area contributed by atoms with E-state index in [1.807, 2.05) is 6.20 Å². The van der Waals surface area contributed by atoms with E-state index in [4.69, 9.17) is 4.98 Å². The maximum absolute atomic E-state index is 4.86. The zero-order valence-corrected chi connectivity index (χ0v) is 12.1. The molecule has 3 heteroatoms. The molecule has 3 nitrogen and oxygen atoms in total. The van der Waals surface area contributed by atoms with Crippen molar-refractivity contribution in [3.8, 4) is 0 Å². The topological polar surface area (TPSA) is 38.7 Å². The van der Waals surface area contributed by atoms with E-state index in [0.717, 1.165) is 22.3 Å². The lowest BCUT2D eigenvalue weighted by Crippen LogP contribution is -2.20. The van der Waals surface area contributed by atoms with Crippen molar-refractivity contribution in [2.75, 3.05) is 0 Å². The third-order valence-electron chi connectivity index (χ3n) is 2.98. The number of fused-ring (bicyclic) bond motifs is 1. The Bertz CT molecular complexity index is 574. The van der Waals surface area contributed by atoms with Crippen LogP contribution in [0, 0.1) is 0 Å². The molecule has 0 aliphatic rings. The van der Waals surface area contributed by atoms with Crippen molar-refractivity contribution in [3.63, 3.8) is 0 Å². The van der Waals surface area contributed by atoms with E-state index in [9.17, 15) is 0 Å². The second-order valence-corrected chi connectivity index (χ2v) is 6.81. The SMILES string of the molecule is CC(C)(C)c1cc2ncncc2c(C(C)(C)C)n1. The van der Waals surface area contributed by atoms with E-state index in [1.165, 1.54) is 0 Å². The van der Waals surface area contributed by atoms with E-state index >= 15 is 0 Å². The fourth-order valence-electron chi connectivity index (χ4n) is 1.93. The Labute approximate surface area is 109 Å². The Kier molecular flexibility index (Phi) is 2.88. The largest absolute Gasteiger partial charge is 0.256 e. The standard InChI is InChI=1S/C15H21N3/c1-14(2,3)12-7-11-10(8-16-9-17-11)13(18-12)15(4,5)6/h7-9H,1-6H3. The highest BCUT2D eigenvalue weighted by atomic mass is 14.8. The van der Waals surface area contributed by atoms with Crippen LogP contribution >= 0.6 is 0 Å². The van der Waals surface area contributed by atoms with E-state index in [1.54, 1.807) is 6.33 Å². The van der Waals surface area contributed by atoms with Gasteiger partial charge in [-0.15, -0.1) is 0 Å². The Morgan fingerprint density at radius 2 is 1.61 bits per heavy atom. The molecule has 2 heterocycles. The third-order valence-corrected chi connectivity index (χ3v) is 2.98. The van der Waals surface area contributed by atoms with Crippen molar-refractivity contribution < 1.29 is 0 Å². The lowest BCUT2D eigenvalue weighted by atomic mass is 9.86. The van der Waals surface area contributed by atoms with E-state index in [-0.39, 0.29) is 10.8 Å². The summed E-state index contributed by atoms with van der Waals surface area (Å²) in [6, 6.07) is 2.08. The second kappa shape index (κ2) is 4.01. The first kappa shape index (κ1) is 12.9. The van der Waals surface area contributed by atoms with Crippen LogP contribution in [-0.2, 0) is 10.8 Å². The molecule has 0 atom stereocenters. The molecule has 0 saturated heterocycles. The number of hydrogen-bond donors (Lipinski definition) is 0. The fraction of sp³-hybridized carbons (Fsp3) is 0.533. The van der Waals surface area contributed by atoms with Crippen molar-refractivity contribution in [2.24, 2.45) is 0 Å². The van der Waals surface area contributed by atoms with Crippen LogP contribution < -0.4 is 0 Å². The van der Waals surface area contributed by atoms with Gasteiger partial charge in [0.1, 0.15) is 6.33 Å². The average Bonchev–Trinajstić information content (AvgIpc) is 2.25. The summed E-state index contributed by atoms with van der Waals surface area (Å²) in [5, 5.41) is 1.05. The quantitative estimate of drug-likeness (QED) is 0.709. The van der Waals surface area contributed by atoms with Crippen LogP contribution in [-0.4, -0.2) is 15.0 Å². The molecule has 0 N–H and O–H groups in total. The molecule has 0 aliphatic heterocycles. The lowest BCUT2D eigenvalue weighted by Gasteiger charge is -2.24. The first-order valence-electron chi connectivity index (χ1n) is 6.31. The summed E-state index contributed by atoms with van der Waals surface area (Å²) in [4.78, 5) is 13.4. The molecule has 0 amide bonds. The van der Waals surface area contributed by atoms with Gasteiger partial charge in [-0.05, 0) is 6.07 Å². The van der Waals surface area contributed by atoms with Crippen molar-refractivity contribution in [2.45, 2.75) is 52.4 Å². The third kappa shape index (κ3) is 2.35. The molecule has 0 unspecified atom stereocenters. The van der Waals surface area contributed by atoms with Gasteiger partial charge in [0.25, 0.3) is 0 Å². The van der Waals surface area contributed by atoms with Crippen molar-refractivity contribution >= 4 is 10.9 Å². The molecule has 96 valence electrons. The fourth-order valence-corrected chi connectivity index (χ4v) is 1.93. The minimum Gasteiger partial charge on any atom is -0.256 e. The van der Waals surface area contributed by atoms with Gasteiger partial charge in [-0.2, -0.15) is 0 Å². The molecular formula is C15H21N3. The van der Waals surface area contributed by atoms with Crippen LogP contribution in [0.1, 0.15) is 52.9 Å². The van der Waals surface area contributed by atoms with E-state index in [0.29, 0.717) is 0 Å². The Balaban J connectivity index is 2.81. The van der Waals surface area contributed by atoms with Gasteiger partial charge >= 0.3 is 0 Å². The van der Waals surface area contributed by atoms with Crippen LogP contribution in [0.2, 0.25) is 0 Å². The maximum Gasteiger partial charge on any atom is 0.116 e. The maximum atomic E-state index is 4.86. The molecule has 2 aromatic heterocycles. The van der Waals surface area contributed by atoms with Gasteiger partial charge in [0.15, 0.2) is 0 Å². The van der Waals surface area contributed by atoms with Crippen molar-refractivity contribution in [3.05, 3.63) is 30.0 Å². The Morgan fingerprint density at radius 1 is 0.944 bits per heavy atom. The minimum absolute atomic E-state index is 0.00970. The smallest absolute Gasteiger partial charge is 0.116 e. The summed E-state index contributed by atoms with van der Waals surface area (Å²) in [6.45, 7) is 13.1. The highest BCUT2D eigenvalue weighted by Gasteiger charge is 2.24. The number of rotatable bonds is 0. The zero-order valence-electron chi connectivity index (χ0n) is 12.1. The van der Waals surface area contributed by atoms with Gasteiger partial charge in [-0.3, -0.25) is 4.98 Å². The van der Waals surface area contributed by atoms with Gasteiger partial charge in [0.2, 0.25) is 0 Å². The first-order chi connectivity index (χ1) is 8.19. The Hall–Kier alpha value is -1.51. The van der Waals surface area contributed by atoms with Crippen LogP contribution in [0.4, 0.5) is 0 Å². The normalized spacial score (nSPS) is 13.0. The number of hydrogen-bond acceptors (Lipinski definition) is 3. The van der Waals surface area contributed by atoms with Crippen molar-refractivity contribution in [1.29, 1.82) is 0 Å². The molecule has 0 bridgehead atoms. The van der Waals surface area contributed by atoms with Crippen molar-refractivity contribution in [1.82, 2.24) is 15.0 Å². The minimum atomic E-state index is -0.00970. The van der Waals surface area contributed by atoms with Crippen LogP contribution in [0.15, 0.2) is 18.6 Å². The number of aromatic nitrogens is 3.